The molecule has 1 rings (SSSR count). The van der Waals surface area contributed by atoms with E-state index in [1.807, 2.05) is 6.92 Å². The fraction of sp³-hybridized carbons (Fsp3) is 0.429. The lowest BCUT2D eigenvalue weighted by molar-refractivity contribution is -0.118. The van der Waals surface area contributed by atoms with E-state index in [4.69, 9.17) is 27.4 Å². The predicted octanol–water partition coefficient (Wildman–Crippen LogP) is 2.34. The SMILES string of the molecule is CCCC(C(=O)Nc1ccc(OC)cc1OC)C(N)=S. The van der Waals surface area contributed by atoms with E-state index < -0.39 is 5.92 Å². The normalized spacial score (nSPS) is 11.6. The summed E-state index contributed by atoms with van der Waals surface area (Å²) in [6.45, 7) is 1.98. The van der Waals surface area contributed by atoms with Crippen LogP contribution < -0.4 is 20.5 Å². The maximum atomic E-state index is 12.2. The molecule has 0 heterocycles. The summed E-state index contributed by atoms with van der Waals surface area (Å²) in [6.07, 6.45) is 1.45. The summed E-state index contributed by atoms with van der Waals surface area (Å²) in [5, 5.41) is 2.79. The van der Waals surface area contributed by atoms with Gasteiger partial charge in [0.05, 0.1) is 30.8 Å². The van der Waals surface area contributed by atoms with Crippen molar-refractivity contribution in [2.45, 2.75) is 19.8 Å². The van der Waals surface area contributed by atoms with Gasteiger partial charge in [0.1, 0.15) is 11.5 Å². The number of rotatable bonds is 7. The summed E-state index contributed by atoms with van der Waals surface area (Å²) < 4.78 is 10.3. The van der Waals surface area contributed by atoms with Crippen LogP contribution in [-0.2, 0) is 4.79 Å². The molecule has 1 amide bonds. The van der Waals surface area contributed by atoms with Gasteiger partial charge in [-0.25, -0.2) is 0 Å². The molecule has 0 aromatic heterocycles. The summed E-state index contributed by atoms with van der Waals surface area (Å²) in [6, 6.07) is 5.16. The van der Waals surface area contributed by atoms with E-state index in [1.54, 1.807) is 25.3 Å². The quantitative estimate of drug-likeness (QED) is 0.756. The van der Waals surface area contributed by atoms with Crippen LogP contribution in [-0.4, -0.2) is 25.1 Å². The number of thiocarbonyl (C=S) groups is 1. The van der Waals surface area contributed by atoms with Gasteiger partial charge in [-0.3, -0.25) is 4.79 Å². The number of nitrogens with two attached hydrogens (primary N) is 1. The number of anilines is 1. The first kappa shape index (κ1) is 16.2. The Morgan fingerprint density at radius 1 is 1.40 bits per heavy atom. The van der Waals surface area contributed by atoms with Crippen molar-refractivity contribution in [2.24, 2.45) is 11.7 Å². The van der Waals surface area contributed by atoms with Crippen LogP contribution in [0.5, 0.6) is 11.5 Å². The van der Waals surface area contributed by atoms with Gasteiger partial charge in [0.15, 0.2) is 0 Å². The molecule has 1 aromatic carbocycles. The highest BCUT2D eigenvalue weighted by atomic mass is 32.1. The molecule has 0 aliphatic heterocycles. The van der Waals surface area contributed by atoms with Crippen LogP contribution in [0.25, 0.3) is 0 Å². The third-order valence-electron chi connectivity index (χ3n) is 2.90. The van der Waals surface area contributed by atoms with E-state index >= 15 is 0 Å². The molecule has 1 unspecified atom stereocenters. The van der Waals surface area contributed by atoms with Crippen molar-refractivity contribution >= 4 is 28.8 Å². The van der Waals surface area contributed by atoms with Crippen LogP contribution in [0, 0.1) is 5.92 Å². The molecule has 0 spiro atoms. The topological polar surface area (TPSA) is 73.6 Å². The number of nitrogens with one attached hydrogen (secondary N) is 1. The van der Waals surface area contributed by atoms with Crippen molar-refractivity contribution in [3.63, 3.8) is 0 Å². The van der Waals surface area contributed by atoms with Gasteiger partial charge in [-0.1, -0.05) is 25.6 Å². The van der Waals surface area contributed by atoms with Gasteiger partial charge in [0.2, 0.25) is 5.91 Å². The van der Waals surface area contributed by atoms with Gasteiger partial charge in [0.25, 0.3) is 0 Å². The van der Waals surface area contributed by atoms with E-state index in [0.717, 1.165) is 6.42 Å². The van der Waals surface area contributed by atoms with Gasteiger partial charge in [-0.2, -0.15) is 0 Å². The van der Waals surface area contributed by atoms with Gasteiger partial charge in [-0.15, -0.1) is 0 Å². The molecule has 20 heavy (non-hydrogen) atoms. The lowest BCUT2D eigenvalue weighted by Crippen LogP contribution is -2.33. The highest BCUT2D eigenvalue weighted by Crippen LogP contribution is 2.29. The van der Waals surface area contributed by atoms with Crippen LogP contribution in [0.3, 0.4) is 0 Å². The van der Waals surface area contributed by atoms with E-state index in [0.29, 0.717) is 23.6 Å². The summed E-state index contributed by atoms with van der Waals surface area (Å²) >= 11 is 4.94. The number of methoxy groups -OCH3 is 2. The Morgan fingerprint density at radius 2 is 2.10 bits per heavy atom. The Hall–Kier alpha value is -1.82. The number of benzene rings is 1. The number of carbonyl (C=O) groups excluding carboxylic acids is 1. The average molecular weight is 296 g/mol. The van der Waals surface area contributed by atoms with Crippen LogP contribution in [0.2, 0.25) is 0 Å². The lowest BCUT2D eigenvalue weighted by atomic mass is 10.0. The zero-order valence-corrected chi connectivity index (χ0v) is 12.8. The minimum Gasteiger partial charge on any atom is -0.497 e. The largest absolute Gasteiger partial charge is 0.497 e. The number of hydrogen-bond acceptors (Lipinski definition) is 4. The average Bonchev–Trinajstić information content (AvgIpc) is 2.44. The first-order valence-electron chi connectivity index (χ1n) is 6.35. The molecule has 1 atom stereocenters. The Labute approximate surface area is 124 Å². The van der Waals surface area contributed by atoms with Crippen LogP contribution >= 0.6 is 12.2 Å². The number of ether oxygens (including phenoxy) is 2. The molecule has 6 heteroatoms. The fourth-order valence-corrected chi connectivity index (χ4v) is 2.04. The zero-order chi connectivity index (χ0) is 15.1. The standard InChI is InChI=1S/C14H20N2O3S/c1-4-5-10(13(15)20)14(17)16-11-7-6-9(18-2)8-12(11)19-3/h6-8,10H,4-5H2,1-3H3,(H2,15,20)(H,16,17). The van der Waals surface area contributed by atoms with Crippen molar-refractivity contribution in [1.82, 2.24) is 0 Å². The Balaban J connectivity index is 2.91. The maximum Gasteiger partial charge on any atom is 0.234 e. The van der Waals surface area contributed by atoms with E-state index in [2.05, 4.69) is 5.32 Å². The second-order valence-corrected chi connectivity index (χ2v) is 4.77. The molecule has 0 aliphatic carbocycles. The Morgan fingerprint density at radius 3 is 2.60 bits per heavy atom. The van der Waals surface area contributed by atoms with Crippen molar-refractivity contribution in [3.05, 3.63) is 18.2 Å². The molecule has 0 bridgehead atoms. The van der Waals surface area contributed by atoms with Crippen molar-refractivity contribution in [2.75, 3.05) is 19.5 Å². The minimum atomic E-state index is -0.471. The van der Waals surface area contributed by atoms with Crippen LogP contribution in [0.1, 0.15) is 19.8 Å². The first-order chi connectivity index (χ1) is 9.53. The van der Waals surface area contributed by atoms with Gasteiger partial charge >= 0.3 is 0 Å². The van der Waals surface area contributed by atoms with Gasteiger partial charge in [0, 0.05) is 6.07 Å². The predicted molar refractivity (Wildman–Crippen MR) is 83.4 cm³/mol. The van der Waals surface area contributed by atoms with Crippen molar-refractivity contribution in [3.8, 4) is 11.5 Å². The smallest absolute Gasteiger partial charge is 0.234 e. The van der Waals surface area contributed by atoms with E-state index in [9.17, 15) is 4.79 Å². The summed E-state index contributed by atoms with van der Waals surface area (Å²) in [7, 11) is 3.10. The van der Waals surface area contributed by atoms with Gasteiger partial charge < -0.3 is 20.5 Å². The molecule has 5 nitrogen and oxygen atoms in total. The summed E-state index contributed by atoms with van der Waals surface area (Å²) in [5.74, 6) is 0.486. The van der Waals surface area contributed by atoms with E-state index in [-0.39, 0.29) is 10.9 Å². The Bertz CT molecular complexity index is 491. The van der Waals surface area contributed by atoms with Crippen LogP contribution in [0.15, 0.2) is 18.2 Å². The Kier molecular flexibility index (Phi) is 6.24. The second-order valence-electron chi connectivity index (χ2n) is 4.30. The lowest BCUT2D eigenvalue weighted by Gasteiger charge is -2.16. The molecule has 1 aromatic rings. The third kappa shape index (κ3) is 4.09. The second kappa shape index (κ2) is 7.69. The van der Waals surface area contributed by atoms with Crippen molar-refractivity contribution < 1.29 is 14.3 Å². The van der Waals surface area contributed by atoms with Crippen LogP contribution in [0.4, 0.5) is 5.69 Å². The number of amides is 1. The highest BCUT2D eigenvalue weighted by Gasteiger charge is 2.21. The van der Waals surface area contributed by atoms with Gasteiger partial charge in [-0.05, 0) is 18.6 Å². The summed E-state index contributed by atoms with van der Waals surface area (Å²) in [4.78, 5) is 12.4. The zero-order valence-electron chi connectivity index (χ0n) is 11.9. The first-order valence-corrected chi connectivity index (χ1v) is 6.76. The fourth-order valence-electron chi connectivity index (χ4n) is 1.81. The number of hydrogen-bond donors (Lipinski definition) is 2. The molecule has 0 radical (unpaired) electrons. The molecule has 3 N–H and O–H groups in total. The molecular weight excluding hydrogens is 276 g/mol. The molecule has 110 valence electrons. The molecule has 0 aliphatic rings. The molecule has 0 saturated carbocycles. The molecule has 0 saturated heterocycles. The number of carbonyl (C=O) groups is 1. The highest BCUT2D eigenvalue weighted by molar-refractivity contribution is 7.80. The van der Waals surface area contributed by atoms with E-state index in [1.165, 1.54) is 7.11 Å². The monoisotopic (exact) mass is 296 g/mol. The maximum absolute atomic E-state index is 12.2. The molecule has 0 fully saturated rings. The van der Waals surface area contributed by atoms with Crippen molar-refractivity contribution in [1.29, 1.82) is 0 Å². The summed E-state index contributed by atoms with van der Waals surface area (Å²) in [5.41, 5.74) is 6.18. The molecular formula is C14H20N2O3S. The minimum absolute atomic E-state index is 0.205. The third-order valence-corrected chi connectivity index (χ3v) is 3.19.